The normalized spacial score (nSPS) is 12.9. The fourth-order valence-corrected chi connectivity index (χ4v) is 2.90. The third-order valence-electron chi connectivity index (χ3n) is 3.81. The maximum Gasteiger partial charge on any atom is 0.328 e. The van der Waals surface area contributed by atoms with Crippen molar-refractivity contribution in [3.8, 4) is 5.75 Å². The van der Waals surface area contributed by atoms with E-state index in [1.54, 1.807) is 20.9 Å². The molecule has 0 saturated carbocycles. The smallest absolute Gasteiger partial charge is 0.328 e. The van der Waals surface area contributed by atoms with Gasteiger partial charge in [-0.15, -0.1) is 0 Å². The molecule has 1 aromatic rings. The van der Waals surface area contributed by atoms with Crippen LogP contribution < -0.4 is 10.1 Å². The third-order valence-corrected chi connectivity index (χ3v) is 3.81. The summed E-state index contributed by atoms with van der Waals surface area (Å²) in [4.78, 5) is 23.7. The highest BCUT2D eigenvalue weighted by molar-refractivity contribution is 5.79. The summed E-state index contributed by atoms with van der Waals surface area (Å²) in [6.07, 6.45) is 0.406. The molecular weight excluding hydrogens is 278 g/mol. The lowest BCUT2D eigenvalue weighted by Gasteiger charge is -2.29. The van der Waals surface area contributed by atoms with Crippen LogP contribution in [-0.4, -0.2) is 24.8 Å². The molecule has 0 aliphatic rings. The number of esters is 1. The molecule has 4 nitrogen and oxygen atoms in total. The highest BCUT2D eigenvalue weighted by atomic mass is 16.5. The number of carbonyl (C=O) groups excluding carboxylic acids is 2. The van der Waals surface area contributed by atoms with Crippen molar-refractivity contribution in [3.63, 3.8) is 0 Å². The lowest BCUT2D eigenvalue weighted by atomic mass is 9.77. The molecule has 0 aromatic heterocycles. The summed E-state index contributed by atoms with van der Waals surface area (Å²) in [5, 5.41) is 2.88. The van der Waals surface area contributed by atoms with Crippen molar-refractivity contribution in [1.29, 1.82) is 0 Å². The first-order valence-electron chi connectivity index (χ1n) is 7.58. The molecular formula is C18H27NO3. The average molecular weight is 305 g/mol. The molecule has 1 atom stereocenters. The molecule has 1 unspecified atom stereocenters. The van der Waals surface area contributed by atoms with E-state index in [0.717, 1.165) is 16.7 Å². The molecule has 1 N–H and O–H groups in total. The molecule has 0 amide bonds. The van der Waals surface area contributed by atoms with E-state index in [9.17, 15) is 9.59 Å². The van der Waals surface area contributed by atoms with E-state index in [2.05, 4.69) is 11.4 Å². The van der Waals surface area contributed by atoms with Gasteiger partial charge in [-0.05, 0) is 51.9 Å². The molecule has 0 heterocycles. The Morgan fingerprint density at radius 3 is 2.36 bits per heavy atom. The van der Waals surface area contributed by atoms with Crippen molar-refractivity contribution in [3.05, 3.63) is 28.8 Å². The first-order chi connectivity index (χ1) is 10.1. The van der Waals surface area contributed by atoms with Crippen LogP contribution in [0.15, 0.2) is 12.1 Å². The Bertz CT molecular complexity index is 576. The molecule has 22 heavy (non-hydrogen) atoms. The minimum absolute atomic E-state index is 0.117. The Morgan fingerprint density at radius 1 is 1.27 bits per heavy atom. The number of Topliss-reactive ketones (excluding diaryl/α,β-unsaturated/α-hetero) is 1. The van der Waals surface area contributed by atoms with Gasteiger partial charge in [-0.25, -0.2) is 4.79 Å². The number of ketones is 1. The van der Waals surface area contributed by atoms with Crippen LogP contribution in [0, 0.1) is 13.8 Å². The second-order valence-electron chi connectivity index (χ2n) is 6.65. The molecule has 122 valence electrons. The summed E-state index contributed by atoms with van der Waals surface area (Å²) < 4.78 is 5.62. The zero-order chi connectivity index (χ0) is 17.1. The van der Waals surface area contributed by atoms with Gasteiger partial charge in [-0.1, -0.05) is 19.9 Å². The fourth-order valence-electron chi connectivity index (χ4n) is 2.90. The molecule has 1 aromatic carbocycles. The molecule has 0 spiro atoms. The molecule has 0 fully saturated rings. The van der Waals surface area contributed by atoms with Gasteiger partial charge in [0.1, 0.15) is 17.6 Å². The Morgan fingerprint density at radius 2 is 1.86 bits per heavy atom. The van der Waals surface area contributed by atoms with Gasteiger partial charge in [0.15, 0.2) is 0 Å². The second kappa shape index (κ2) is 7.05. The average Bonchev–Trinajstić information content (AvgIpc) is 2.34. The first-order valence-corrected chi connectivity index (χ1v) is 7.58. The van der Waals surface area contributed by atoms with Crippen LogP contribution in [0.1, 0.15) is 50.8 Å². The van der Waals surface area contributed by atoms with Crippen molar-refractivity contribution in [2.75, 3.05) is 7.05 Å². The van der Waals surface area contributed by atoms with Crippen LogP contribution in [0.4, 0.5) is 0 Å². The lowest BCUT2D eigenvalue weighted by Crippen LogP contribution is -2.35. The number of benzene rings is 1. The molecule has 4 heteroatoms. The first kappa shape index (κ1) is 18.4. The molecule has 0 radical (unpaired) electrons. The summed E-state index contributed by atoms with van der Waals surface area (Å²) >= 11 is 0. The number of hydrogen-bond donors (Lipinski definition) is 1. The summed E-state index contributed by atoms with van der Waals surface area (Å²) in [6.45, 7) is 11.3. The van der Waals surface area contributed by atoms with Crippen LogP contribution in [0.2, 0.25) is 0 Å². The Hall–Kier alpha value is -1.68. The molecule has 0 saturated heterocycles. The van der Waals surface area contributed by atoms with Crippen molar-refractivity contribution in [2.45, 2.75) is 59.4 Å². The monoisotopic (exact) mass is 305 g/mol. The number of ether oxygens (including phenoxy) is 1. The second-order valence-corrected chi connectivity index (χ2v) is 6.65. The summed E-state index contributed by atoms with van der Waals surface area (Å²) in [5.74, 6) is 0.342. The largest absolute Gasteiger partial charge is 0.425 e. The molecule has 1 rings (SSSR count). The van der Waals surface area contributed by atoms with Gasteiger partial charge in [0.05, 0.1) is 0 Å². The highest BCUT2D eigenvalue weighted by Gasteiger charge is 2.29. The Balaban J connectivity index is 3.32. The number of rotatable bonds is 6. The number of carbonyl (C=O) groups is 2. The standard InChI is InChI=1S/C18H27NO3/c1-11-8-12(2)16(18(5,6)10-13(3)20)15(9-11)22-17(21)14(4)19-7/h8-9,14,19H,10H2,1-7H3. The Labute approximate surface area is 133 Å². The molecule has 0 bridgehead atoms. The minimum Gasteiger partial charge on any atom is -0.425 e. The van der Waals surface area contributed by atoms with Crippen LogP contribution in [0.5, 0.6) is 5.75 Å². The van der Waals surface area contributed by atoms with E-state index in [0.29, 0.717) is 12.2 Å². The number of aryl methyl sites for hydroxylation is 2. The van der Waals surface area contributed by atoms with E-state index >= 15 is 0 Å². The third kappa shape index (κ3) is 4.41. The fraction of sp³-hybridized carbons (Fsp3) is 0.556. The van der Waals surface area contributed by atoms with Gasteiger partial charge in [0.2, 0.25) is 0 Å². The van der Waals surface area contributed by atoms with E-state index in [1.165, 1.54) is 0 Å². The lowest BCUT2D eigenvalue weighted by molar-refractivity contribution is -0.136. The quantitative estimate of drug-likeness (QED) is 0.648. The zero-order valence-corrected chi connectivity index (χ0v) is 14.7. The van der Waals surface area contributed by atoms with E-state index < -0.39 is 0 Å². The SMILES string of the molecule is CNC(C)C(=O)Oc1cc(C)cc(C)c1C(C)(C)CC(C)=O. The minimum atomic E-state index is -0.387. The predicted octanol–water partition coefficient (Wildman–Crippen LogP) is 3.07. The van der Waals surface area contributed by atoms with Crippen LogP contribution in [0.25, 0.3) is 0 Å². The summed E-state index contributed by atoms with van der Waals surface area (Å²) in [5.41, 5.74) is 2.60. The molecule has 0 aliphatic heterocycles. The van der Waals surface area contributed by atoms with Gasteiger partial charge < -0.3 is 10.1 Å². The topological polar surface area (TPSA) is 55.4 Å². The van der Waals surface area contributed by atoms with Crippen molar-refractivity contribution in [1.82, 2.24) is 5.32 Å². The maximum atomic E-state index is 12.1. The van der Waals surface area contributed by atoms with Crippen molar-refractivity contribution < 1.29 is 14.3 Å². The van der Waals surface area contributed by atoms with Crippen LogP contribution >= 0.6 is 0 Å². The van der Waals surface area contributed by atoms with E-state index in [1.807, 2.05) is 33.8 Å². The zero-order valence-electron chi connectivity index (χ0n) is 14.7. The van der Waals surface area contributed by atoms with Crippen molar-refractivity contribution in [2.24, 2.45) is 0 Å². The van der Waals surface area contributed by atoms with Gasteiger partial charge in [0, 0.05) is 17.4 Å². The summed E-state index contributed by atoms with van der Waals surface area (Å²) in [6, 6.07) is 3.53. The van der Waals surface area contributed by atoms with Crippen molar-refractivity contribution >= 4 is 11.8 Å². The maximum absolute atomic E-state index is 12.1. The van der Waals surface area contributed by atoms with Gasteiger partial charge in [-0.3, -0.25) is 4.79 Å². The number of nitrogens with one attached hydrogen (secondary N) is 1. The van der Waals surface area contributed by atoms with E-state index in [4.69, 9.17) is 4.74 Å². The Kier molecular flexibility index (Phi) is 5.89. The van der Waals surface area contributed by atoms with Gasteiger partial charge >= 0.3 is 5.97 Å². The van der Waals surface area contributed by atoms with Gasteiger partial charge in [0.25, 0.3) is 0 Å². The van der Waals surface area contributed by atoms with Crippen LogP contribution in [0.3, 0.4) is 0 Å². The molecule has 0 aliphatic carbocycles. The predicted molar refractivity (Wildman–Crippen MR) is 88.4 cm³/mol. The highest BCUT2D eigenvalue weighted by Crippen LogP contribution is 2.38. The number of hydrogen-bond acceptors (Lipinski definition) is 4. The van der Waals surface area contributed by atoms with E-state index in [-0.39, 0.29) is 23.2 Å². The number of likely N-dealkylation sites (N-methyl/N-ethyl adjacent to an activating group) is 1. The summed E-state index contributed by atoms with van der Waals surface area (Å²) in [7, 11) is 1.72. The van der Waals surface area contributed by atoms with Gasteiger partial charge in [-0.2, -0.15) is 0 Å². The van der Waals surface area contributed by atoms with Crippen LogP contribution in [-0.2, 0) is 15.0 Å².